The van der Waals surface area contributed by atoms with E-state index in [4.69, 9.17) is 4.42 Å². The summed E-state index contributed by atoms with van der Waals surface area (Å²) in [4.78, 5) is 40.9. The number of amides is 2. The summed E-state index contributed by atoms with van der Waals surface area (Å²) in [5.41, 5.74) is 3.54. The van der Waals surface area contributed by atoms with Crippen LogP contribution in [0.2, 0.25) is 0 Å². The van der Waals surface area contributed by atoms with Crippen LogP contribution < -0.4 is 5.76 Å². The van der Waals surface area contributed by atoms with Crippen molar-refractivity contribution in [1.82, 2.24) is 14.4 Å². The van der Waals surface area contributed by atoms with E-state index in [1.54, 1.807) is 19.1 Å². The summed E-state index contributed by atoms with van der Waals surface area (Å²) in [5, 5.41) is 0. The molecule has 2 amide bonds. The highest BCUT2D eigenvalue weighted by Gasteiger charge is 2.33. The summed E-state index contributed by atoms with van der Waals surface area (Å²) in [7, 11) is 0. The van der Waals surface area contributed by atoms with E-state index >= 15 is 0 Å². The Bertz CT molecular complexity index is 1230. The molecule has 1 aliphatic heterocycles. The zero-order valence-electron chi connectivity index (χ0n) is 19.6. The van der Waals surface area contributed by atoms with Gasteiger partial charge in [-0.25, -0.2) is 4.79 Å². The number of para-hydroxylation sites is 2. The fraction of sp³-hybridized carbons (Fsp3) is 0.444. The number of hydrogen-bond donors (Lipinski definition) is 0. The van der Waals surface area contributed by atoms with Crippen LogP contribution in [0.15, 0.2) is 57.7 Å². The second-order valence-corrected chi connectivity index (χ2v) is 9.64. The molecule has 7 nitrogen and oxygen atoms in total. The molecule has 0 spiro atoms. The Hall–Kier alpha value is -3.35. The summed E-state index contributed by atoms with van der Waals surface area (Å²) in [6.07, 6.45) is 5.13. The monoisotopic (exact) mass is 461 g/mol. The van der Waals surface area contributed by atoms with E-state index in [-0.39, 0.29) is 24.4 Å². The topological polar surface area (TPSA) is 75.8 Å². The number of fused-ring (bicyclic) bond motifs is 1. The third-order valence-electron chi connectivity index (χ3n) is 7.14. The first-order valence-electron chi connectivity index (χ1n) is 12.2. The van der Waals surface area contributed by atoms with E-state index in [9.17, 15) is 14.4 Å². The van der Waals surface area contributed by atoms with E-state index in [1.165, 1.54) is 10.1 Å². The molecule has 0 N–H and O–H groups in total. The maximum Gasteiger partial charge on any atom is 0.420 e. The van der Waals surface area contributed by atoms with Crippen LogP contribution in [0.3, 0.4) is 0 Å². The van der Waals surface area contributed by atoms with Crippen molar-refractivity contribution in [3.05, 3.63) is 70.2 Å². The summed E-state index contributed by atoms with van der Waals surface area (Å²) in [6, 6.07) is 16.0. The number of carbonyl (C=O) groups excluding carboxylic acids is 2. The third kappa shape index (κ3) is 4.93. The Morgan fingerprint density at radius 2 is 1.65 bits per heavy atom. The maximum absolute atomic E-state index is 13.2. The first-order chi connectivity index (χ1) is 16.5. The number of aromatic nitrogens is 1. The lowest BCUT2D eigenvalue weighted by atomic mass is 9.90. The van der Waals surface area contributed by atoms with E-state index in [0.29, 0.717) is 23.6 Å². The van der Waals surface area contributed by atoms with Gasteiger partial charge >= 0.3 is 5.76 Å². The van der Waals surface area contributed by atoms with Crippen LogP contribution in [-0.4, -0.2) is 45.3 Å². The molecule has 0 atom stereocenters. The van der Waals surface area contributed by atoms with Crippen molar-refractivity contribution in [3.63, 3.8) is 0 Å². The van der Waals surface area contributed by atoms with Gasteiger partial charge in [0.15, 0.2) is 5.58 Å². The predicted molar refractivity (Wildman–Crippen MR) is 129 cm³/mol. The highest BCUT2D eigenvalue weighted by Crippen LogP contribution is 2.29. The van der Waals surface area contributed by atoms with Gasteiger partial charge in [-0.15, -0.1) is 0 Å². The molecule has 7 heteroatoms. The first-order valence-corrected chi connectivity index (χ1v) is 12.2. The molecule has 34 heavy (non-hydrogen) atoms. The van der Waals surface area contributed by atoms with Crippen LogP contribution in [0.1, 0.15) is 43.7 Å². The number of rotatable bonds is 7. The van der Waals surface area contributed by atoms with E-state index in [0.717, 1.165) is 50.8 Å². The molecule has 3 aromatic rings. The number of benzene rings is 2. The van der Waals surface area contributed by atoms with Crippen LogP contribution in [0, 0.1) is 5.92 Å². The average molecular weight is 462 g/mol. The van der Waals surface area contributed by atoms with Crippen LogP contribution >= 0.6 is 0 Å². The van der Waals surface area contributed by atoms with E-state index in [2.05, 4.69) is 24.3 Å². The van der Waals surface area contributed by atoms with Gasteiger partial charge in [-0.05, 0) is 61.3 Å². The Balaban J connectivity index is 1.22. The molecule has 2 heterocycles. The van der Waals surface area contributed by atoms with Crippen molar-refractivity contribution in [1.29, 1.82) is 0 Å². The van der Waals surface area contributed by atoms with Crippen molar-refractivity contribution >= 4 is 22.9 Å². The molecule has 2 fully saturated rings. The standard InChI is InChI=1S/C27H31N3O4/c1-19(31)28-14-12-21(13-15-28)16-20-6-8-22(9-7-20)17-29(23-10-11-23)26(32)18-30-24-4-2-3-5-25(24)34-27(30)33/h2-9,21,23H,10-18H2,1H3. The summed E-state index contributed by atoms with van der Waals surface area (Å²) in [5.74, 6) is 0.221. The highest BCUT2D eigenvalue weighted by molar-refractivity contribution is 5.80. The number of carbonyl (C=O) groups is 2. The molecule has 178 valence electrons. The number of piperidine rings is 1. The molecule has 5 rings (SSSR count). The fourth-order valence-electron chi connectivity index (χ4n) is 4.96. The Morgan fingerprint density at radius 3 is 2.32 bits per heavy atom. The molecule has 0 radical (unpaired) electrons. The lowest BCUT2D eigenvalue weighted by Gasteiger charge is -2.31. The number of likely N-dealkylation sites (tertiary alicyclic amines) is 1. The predicted octanol–water partition coefficient (Wildman–Crippen LogP) is 3.59. The smallest absolute Gasteiger partial charge is 0.408 e. The van der Waals surface area contributed by atoms with Crippen LogP contribution in [-0.2, 0) is 29.1 Å². The van der Waals surface area contributed by atoms with Gasteiger partial charge in [0.2, 0.25) is 11.8 Å². The highest BCUT2D eigenvalue weighted by atomic mass is 16.4. The van der Waals surface area contributed by atoms with Gasteiger partial charge in [0.1, 0.15) is 6.54 Å². The Kier molecular flexibility index (Phi) is 6.26. The second kappa shape index (κ2) is 9.49. The molecule has 0 bridgehead atoms. The molecule has 1 saturated heterocycles. The Morgan fingerprint density at radius 1 is 0.971 bits per heavy atom. The summed E-state index contributed by atoms with van der Waals surface area (Å²) >= 11 is 0. The maximum atomic E-state index is 13.2. The largest absolute Gasteiger partial charge is 0.420 e. The number of hydrogen-bond acceptors (Lipinski definition) is 4. The SMILES string of the molecule is CC(=O)N1CCC(Cc2ccc(CN(C(=O)Cn3c(=O)oc4ccccc43)C3CC3)cc2)CC1. The second-order valence-electron chi connectivity index (χ2n) is 9.64. The van der Waals surface area contributed by atoms with Gasteiger partial charge < -0.3 is 14.2 Å². The minimum atomic E-state index is -0.496. The zero-order valence-corrected chi connectivity index (χ0v) is 19.6. The van der Waals surface area contributed by atoms with Gasteiger partial charge in [0.05, 0.1) is 5.52 Å². The van der Waals surface area contributed by atoms with Crippen molar-refractivity contribution in [3.8, 4) is 0 Å². The van der Waals surface area contributed by atoms with Gasteiger partial charge in [-0.3, -0.25) is 14.2 Å². The lowest BCUT2D eigenvalue weighted by Crippen LogP contribution is -2.37. The molecular weight excluding hydrogens is 430 g/mol. The minimum Gasteiger partial charge on any atom is -0.408 e. The molecule has 2 aliphatic rings. The zero-order chi connectivity index (χ0) is 23.7. The van der Waals surface area contributed by atoms with Crippen molar-refractivity contribution in [2.24, 2.45) is 5.92 Å². The molecule has 0 unspecified atom stereocenters. The fourth-order valence-corrected chi connectivity index (χ4v) is 4.96. The van der Waals surface area contributed by atoms with E-state index < -0.39 is 5.76 Å². The Labute approximate surface area is 198 Å². The van der Waals surface area contributed by atoms with Gasteiger partial charge in [0, 0.05) is 32.6 Å². The summed E-state index contributed by atoms with van der Waals surface area (Å²) < 4.78 is 6.71. The molecule has 1 saturated carbocycles. The molecule has 2 aromatic carbocycles. The quantitative estimate of drug-likeness (QED) is 0.539. The van der Waals surface area contributed by atoms with Crippen molar-refractivity contribution in [2.45, 2.75) is 58.2 Å². The minimum absolute atomic E-state index is 0.0105. The van der Waals surface area contributed by atoms with Gasteiger partial charge in [-0.2, -0.15) is 0 Å². The van der Waals surface area contributed by atoms with Crippen molar-refractivity contribution < 1.29 is 14.0 Å². The number of oxazole rings is 1. The lowest BCUT2D eigenvalue weighted by molar-refractivity contribution is -0.133. The normalized spacial score (nSPS) is 16.7. The molecule has 1 aromatic heterocycles. The number of nitrogens with zero attached hydrogens (tertiary/aromatic N) is 3. The first kappa shape index (κ1) is 22.4. The van der Waals surface area contributed by atoms with Gasteiger partial charge in [-0.1, -0.05) is 36.4 Å². The van der Waals surface area contributed by atoms with Crippen LogP contribution in [0.25, 0.3) is 11.1 Å². The van der Waals surface area contributed by atoms with Crippen LogP contribution in [0.4, 0.5) is 0 Å². The molecule has 1 aliphatic carbocycles. The average Bonchev–Trinajstić information content (AvgIpc) is 3.63. The van der Waals surface area contributed by atoms with Gasteiger partial charge in [0.25, 0.3) is 0 Å². The molecular formula is C27H31N3O4. The van der Waals surface area contributed by atoms with E-state index in [1.807, 2.05) is 21.9 Å². The van der Waals surface area contributed by atoms with Crippen molar-refractivity contribution in [2.75, 3.05) is 13.1 Å². The van der Waals surface area contributed by atoms with Crippen LogP contribution in [0.5, 0.6) is 0 Å². The third-order valence-corrected chi connectivity index (χ3v) is 7.14. The summed E-state index contributed by atoms with van der Waals surface area (Å²) in [6.45, 7) is 3.89.